The number of likely N-dealkylation sites (tertiary alicyclic amines) is 1. The minimum atomic E-state index is 0.0857. The molecule has 2 rings (SSSR count). The van der Waals surface area contributed by atoms with E-state index in [-0.39, 0.29) is 6.04 Å². The maximum Gasteiger partial charge on any atom is 0.227 e. The standard InChI is InChI=1S/C12H22N4O/c1-10(13)9-11-14-12(17-15-11)5-8-16-6-3-2-4-7-16/h10H,2-9,13H2,1H3. The Bertz CT molecular complexity index is 331. The molecule has 1 aliphatic heterocycles. The van der Waals surface area contributed by atoms with Crippen LogP contribution in [0.2, 0.25) is 0 Å². The number of aromatic nitrogens is 2. The summed E-state index contributed by atoms with van der Waals surface area (Å²) < 4.78 is 5.21. The van der Waals surface area contributed by atoms with Crippen LogP contribution in [0.3, 0.4) is 0 Å². The first kappa shape index (κ1) is 12.5. The van der Waals surface area contributed by atoms with E-state index in [1.54, 1.807) is 0 Å². The minimum Gasteiger partial charge on any atom is -0.339 e. The lowest BCUT2D eigenvalue weighted by atomic mass is 10.1. The van der Waals surface area contributed by atoms with Crippen molar-refractivity contribution in [2.45, 2.75) is 45.1 Å². The highest BCUT2D eigenvalue weighted by atomic mass is 16.5. The van der Waals surface area contributed by atoms with Gasteiger partial charge in [0.05, 0.1) is 0 Å². The fraction of sp³-hybridized carbons (Fsp3) is 0.833. The zero-order valence-electron chi connectivity index (χ0n) is 10.6. The van der Waals surface area contributed by atoms with Gasteiger partial charge in [-0.15, -0.1) is 0 Å². The van der Waals surface area contributed by atoms with E-state index in [1.807, 2.05) is 6.92 Å². The van der Waals surface area contributed by atoms with Crippen molar-refractivity contribution in [3.63, 3.8) is 0 Å². The van der Waals surface area contributed by atoms with Crippen LogP contribution in [0.4, 0.5) is 0 Å². The van der Waals surface area contributed by atoms with Crippen molar-refractivity contribution < 1.29 is 4.52 Å². The van der Waals surface area contributed by atoms with Crippen LogP contribution in [0.1, 0.15) is 37.9 Å². The largest absolute Gasteiger partial charge is 0.339 e. The molecule has 5 nitrogen and oxygen atoms in total. The normalized spacial score (nSPS) is 19.4. The highest BCUT2D eigenvalue weighted by Crippen LogP contribution is 2.09. The summed E-state index contributed by atoms with van der Waals surface area (Å²) in [5, 5.41) is 3.94. The van der Waals surface area contributed by atoms with Crippen LogP contribution in [0.25, 0.3) is 0 Å². The number of nitrogens with two attached hydrogens (primary N) is 1. The molecule has 2 heterocycles. The summed E-state index contributed by atoms with van der Waals surface area (Å²) in [6, 6.07) is 0.0857. The predicted octanol–water partition coefficient (Wildman–Crippen LogP) is 0.988. The molecule has 0 spiro atoms. The van der Waals surface area contributed by atoms with Gasteiger partial charge in [-0.2, -0.15) is 4.98 Å². The first-order chi connectivity index (χ1) is 8.24. The highest BCUT2D eigenvalue weighted by molar-refractivity contribution is 4.89. The van der Waals surface area contributed by atoms with E-state index >= 15 is 0 Å². The molecule has 96 valence electrons. The van der Waals surface area contributed by atoms with E-state index < -0.39 is 0 Å². The topological polar surface area (TPSA) is 68.2 Å². The third kappa shape index (κ3) is 4.09. The zero-order chi connectivity index (χ0) is 12.1. The van der Waals surface area contributed by atoms with Crippen molar-refractivity contribution in [2.24, 2.45) is 5.73 Å². The maximum atomic E-state index is 5.69. The molecule has 0 radical (unpaired) electrons. The fourth-order valence-electron chi connectivity index (χ4n) is 2.20. The van der Waals surface area contributed by atoms with E-state index in [9.17, 15) is 0 Å². The maximum absolute atomic E-state index is 5.69. The van der Waals surface area contributed by atoms with Gasteiger partial charge in [0.15, 0.2) is 5.82 Å². The Morgan fingerprint density at radius 3 is 2.82 bits per heavy atom. The lowest BCUT2D eigenvalue weighted by Gasteiger charge is -2.25. The third-order valence-electron chi connectivity index (χ3n) is 3.11. The molecule has 1 aromatic heterocycles. The summed E-state index contributed by atoms with van der Waals surface area (Å²) in [7, 11) is 0. The number of hydrogen-bond donors (Lipinski definition) is 1. The van der Waals surface area contributed by atoms with Crippen LogP contribution in [-0.2, 0) is 12.8 Å². The third-order valence-corrected chi connectivity index (χ3v) is 3.11. The summed E-state index contributed by atoms with van der Waals surface area (Å²) >= 11 is 0. The van der Waals surface area contributed by atoms with Crippen LogP contribution in [0, 0.1) is 0 Å². The van der Waals surface area contributed by atoms with Crippen molar-refractivity contribution in [1.82, 2.24) is 15.0 Å². The van der Waals surface area contributed by atoms with E-state index in [0.29, 0.717) is 6.42 Å². The molecule has 0 saturated carbocycles. The predicted molar refractivity (Wildman–Crippen MR) is 65.6 cm³/mol. The second-order valence-corrected chi connectivity index (χ2v) is 4.94. The molecule has 1 atom stereocenters. The Hall–Kier alpha value is -0.940. The van der Waals surface area contributed by atoms with Gasteiger partial charge in [-0.3, -0.25) is 0 Å². The molecule has 0 aliphatic carbocycles. The summed E-state index contributed by atoms with van der Waals surface area (Å²) in [4.78, 5) is 6.82. The molecule has 1 aliphatic rings. The summed E-state index contributed by atoms with van der Waals surface area (Å²) in [6.45, 7) is 5.39. The lowest BCUT2D eigenvalue weighted by Crippen LogP contribution is -2.31. The molecule has 1 saturated heterocycles. The molecule has 0 bridgehead atoms. The Kier molecular flexibility index (Phi) is 4.50. The minimum absolute atomic E-state index is 0.0857. The van der Waals surface area contributed by atoms with Gasteiger partial charge in [-0.25, -0.2) is 0 Å². The molecule has 1 fully saturated rings. The van der Waals surface area contributed by atoms with E-state index in [0.717, 1.165) is 24.7 Å². The highest BCUT2D eigenvalue weighted by Gasteiger charge is 2.12. The molecular formula is C12H22N4O. The van der Waals surface area contributed by atoms with Gasteiger partial charge in [0, 0.05) is 25.4 Å². The van der Waals surface area contributed by atoms with Crippen molar-refractivity contribution >= 4 is 0 Å². The second-order valence-electron chi connectivity index (χ2n) is 4.94. The summed E-state index contributed by atoms with van der Waals surface area (Å²) in [5.41, 5.74) is 5.69. The van der Waals surface area contributed by atoms with Crippen molar-refractivity contribution in [3.05, 3.63) is 11.7 Å². The SMILES string of the molecule is CC(N)Cc1noc(CCN2CCCCC2)n1. The Balaban J connectivity index is 1.76. The van der Waals surface area contributed by atoms with Gasteiger partial charge < -0.3 is 15.2 Å². The van der Waals surface area contributed by atoms with Crippen LogP contribution in [0.5, 0.6) is 0 Å². The van der Waals surface area contributed by atoms with E-state index in [1.165, 1.54) is 32.4 Å². The van der Waals surface area contributed by atoms with E-state index in [4.69, 9.17) is 10.3 Å². The van der Waals surface area contributed by atoms with Crippen LogP contribution < -0.4 is 5.73 Å². The molecule has 1 aromatic rings. The van der Waals surface area contributed by atoms with Gasteiger partial charge in [0.1, 0.15) is 0 Å². The molecule has 5 heteroatoms. The van der Waals surface area contributed by atoms with Crippen molar-refractivity contribution in [2.75, 3.05) is 19.6 Å². The Labute approximate surface area is 102 Å². The average molecular weight is 238 g/mol. The van der Waals surface area contributed by atoms with Gasteiger partial charge >= 0.3 is 0 Å². The fourth-order valence-corrected chi connectivity index (χ4v) is 2.20. The van der Waals surface area contributed by atoms with Crippen molar-refractivity contribution in [3.8, 4) is 0 Å². The second kappa shape index (κ2) is 6.12. The average Bonchev–Trinajstić information content (AvgIpc) is 2.75. The molecule has 2 N–H and O–H groups in total. The molecule has 1 unspecified atom stereocenters. The number of hydrogen-bond acceptors (Lipinski definition) is 5. The van der Waals surface area contributed by atoms with Crippen LogP contribution in [-0.4, -0.2) is 40.7 Å². The number of rotatable bonds is 5. The Morgan fingerprint density at radius 1 is 1.35 bits per heavy atom. The van der Waals surface area contributed by atoms with Crippen LogP contribution >= 0.6 is 0 Å². The summed E-state index contributed by atoms with van der Waals surface area (Å²) in [5.74, 6) is 1.47. The Morgan fingerprint density at radius 2 is 2.12 bits per heavy atom. The molecule has 0 aromatic carbocycles. The van der Waals surface area contributed by atoms with Gasteiger partial charge in [-0.1, -0.05) is 11.6 Å². The first-order valence-electron chi connectivity index (χ1n) is 6.53. The van der Waals surface area contributed by atoms with Crippen molar-refractivity contribution in [1.29, 1.82) is 0 Å². The van der Waals surface area contributed by atoms with Crippen LogP contribution in [0.15, 0.2) is 4.52 Å². The van der Waals surface area contributed by atoms with Gasteiger partial charge in [0.2, 0.25) is 5.89 Å². The monoisotopic (exact) mass is 238 g/mol. The number of piperidine rings is 1. The lowest BCUT2D eigenvalue weighted by molar-refractivity contribution is 0.223. The molecular weight excluding hydrogens is 216 g/mol. The zero-order valence-corrected chi connectivity index (χ0v) is 10.6. The number of nitrogens with zero attached hydrogens (tertiary/aromatic N) is 3. The van der Waals surface area contributed by atoms with Gasteiger partial charge in [0.25, 0.3) is 0 Å². The summed E-state index contributed by atoms with van der Waals surface area (Å²) in [6.07, 6.45) is 5.55. The first-order valence-corrected chi connectivity index (χ1v) is 6.53. The van der Waals surface area contributed by atoms with Gasteiger partial charge in [-0.05, 0) is 32.9 Å². The quantitative estimate of drug-likeness (QED) is 0.828. The smallest absolute Gasteiger partial charge is 0.227 e. The molecule has 0 amide bonds. The van der Waals surface area contributed by atoms with E-state index in [2.05, 4.69) is 15.0 Å². The molecule has 17 heavy (non-hydrogen) atoms.